The van der Waals surface area contributed by atoms with Gasteiger partial charge in [-0.3, -0.25) is 9.59 Å². The first-order valence-electron chi connectivity index (χ1n) is 15.1. The molecule has 1 aliphatic heterocycles. The van der Waals surface area contributed by atoms with Crippen molar-refractivity contribution >= 4 is 17.5 Å². The van der Waals surface area contributed by atoms with Crippen LogP contribution in [0.4, 0.5) is 0 Å². The highest BCUT2D eigenvalue weighted by Crippen LogP contribution is 2.64. The van der Waals surface area contributed by atoms with E-state index >= 15 is 0 Å². The van der Waals surface area contributed by atoms with E-state index in [1.807, 2.05) is 0 Å². The third-order valence-electron chi connectivity index (χ3n) is 12.0. The lowest BCUT2D eigenvalue weighted by atomic mass is 9.64. The molecule has 1 fully saturated rings. The van der Waals surface area contributed by atoms with Crippen LogP contribution in [0.2, 0.25) is 0 Å². The highest BCUT2D eigenvalue weighted by molar-refractivity contribution is 6.02. The van der Waals surface area contributed by atoms with Gasteiger partial charge in [-0.2, -0.15) is 0 Å². The molecule has 1 heterocycles. The van der Waals surface area contributed by atoms with E-state index < -0.39 is 0 Å². The van der Waals surface area contributed by atoms with Gasteiger partial charge in [-0.15, -0.1) is 0 Å². The van der Waals surface area contributed by atoms with Crippen LogP contribution in [-0.2, 0) is 78.5 Å². The van der Waals surface area contributed by atoms with Crippen LogP contribution < -0.4 is 0 Å². The third kappa shape index (κ3) is 2.22. The number of ether oxygens (including phenoxy) is 1. The molecule has 1 saturated heterocycles. The first-order chi connectivity index (χ1) is 18.2. The molecule has 8 aliphatic rings. The maximum Gasteiger partial charge on any atom is 0.318 e. The van der Waals surface area contributed by atoms with Gasteiger partial charge in [-0.25, -0.2) is 0 Å². The molecule has 0 aromatic heterocycles. The second kappa shape index (κ2) is 6.65. The van der Waals surface area contributed by atoms with Crippen LogP contribution >= 0.6 is 0 Å². The number of cyclic esters (lactones) is 2. The monoisotopic (exact) mass is 488 g/mol. The fourth-order valence-corrected chi connectivity index (χ4v) is 11.0. The summed E-state index contributed by atoms with van der Waals surface area (Å²) in [5, 5.41) is 0. The minimum absolute atomic E-state index is 0.0687. The van der Waals surface area contributed by atoms with E-state index in [9.17, 15) is 9.59 Å². The SMILES string of the molecule is O=C1OC(=O)C2C3C(=C4c5c6c(c7c(c5CC4C12)CCC7)CCC6)Cc1c2c(c4c(c13)CCC4)CCC2. The zero-order chi connectivity index (χ0) is 24.2. The number of fused-ring (bicyclic) bond motifs is 19. The van der Waals surface area contributed by atoms with Gasteiger partial charge in [-0.1, -0.05) is 5.57 Å². The summed E-state index contributed by atoms with van der Waals surface area (Å²) in [4.78, 5) is 26.9. The molecule has 2 aromatic rings. The van der Waals surface area contributed by atoms with Crippen molar-refractivity contribution in [2.24, 2.45) is 17.8 Å². The molecule has 0 N–H and O–H groups in total. The van der Waals surface area contributed by atoms with E-state index in [1.54, 1.807) is 61.2 Å². The molecule has 37 heavy (non-hydrogen) atoms. The summed E-state index contributed by atoms with van der Waals surface area (Å²) in [6.07, 6.45) is 16.6. The second-order valence-electron chi connectivity index (χ2n) is 13.2. The molecular formula is C34H32O3. The van der Waals surface area contributed by atoms with Crippen LogP contribution in [0, 0.1) is 17.8 Å². The molecule has 0 spiro atoms. The number of rotatable bonds is 0. The molecular weight excluding hydrogens is 456 g/mol. The molecule has 3 heteroatoms. The van der Waals surface area contributed by atoms with Gasteiger partial charge in [0.2, 0.25) is 0 Å². The van der Waals surface area contributed by atoms with E-state index in [2.05, 4.69) is 0 Å². The molecule has 4 unspecified atom stereocenters. The Morgan fingerprint density at radius 1 is 0.541 bits per heavy atom. The van der Waals surface area contributed by atoms with Crippen molar-refractivity contribution in [3.8, 4) is 0 Å². The predicted molar refractivity (Wildman–Crippen MR) is 140 cm³/mol. The van der Waals surface area contributed by atoms with Gasteiger partial charge in [-0.05, 0) is 162 Å². The molecule has 7 aliphatic carbocycles. The summed E-state index contributed by atoms with van der Waals surface area (Å²) in [7, 11) is 0. The maximum absolute atomic E-state index is 13.5. The Hall–Kier alpha value is -2.68. The molecule has 0 saturated carbocycles. The summed E-state index contributed by atoms with van der Waals surface area (Å²) in [6, 6.07) is 0. The number of carbonyl (C=O) groups excluding carboxylic acids is 2. The summed E-state index contributed by atoms with van der Waals surface area (Å²) >= 11 is 0. The van der Waals surface area contributed by atoms with Gasteiger partial charge >= 0.3 is 11.9 Å². The Morgan fingerprint density at radius 3 is 1.76 bits per heavy atom. The zero-order valence-corrected chi connectivity index (χ0v) is 21.4. The van der Waals surface area contributed by atoms with Crippen LogP contribution in [0.25, 0.3) is 5.57 Å². The zero-order valence-electron chi connectivity index (χ0n) is 21.4. The smallest absolute Gasteiger partial charge is 0.318 e. The number of allylic oxidation sites excluding steroid dienone is 2. The number of benzene rings is 2. The van der Waals surface area contributed by atoms with Crippen molar-refractivity contribution in [2.45, 2.75) is 95.8 Å². The molecule has 2 aromatic carbocycles. The van der Waals surface area contributed by atoms with E-state index in [0.717, 1.165) is 19.3 Å². The minimum atomic E-state index is -0.308. The Morgan fingerprint density at radius 2 is 1.05 bits per heavy atom. The van der Waals surface area contributed by atoms with Crippen LogP contribution in [-0.4, -0.2) is 11.9 Å². The molecule has 3 nitrogen and oxygen atoms in total. The van der Waals surface area contributed by atoms with Gasteiger partial charge in [0, 0.05) is 11.8 Å². The summed E-state index contributed by atoms with van der Waals surface area (Å²) < 4.78 is 5.53. The highest BCUT2D eigenvalue weighted by Gasteiger charge is 2.61. The fourth-order valence-electron chi connectivity index (χ4n) is 11.0. The number of carbonyl (C=O) groups is 2. The summed E-state index contributed by atoms with van der Waals surface area (Å²) in [5.41, 5.74) is 22.3. The largest absolute Gasteiger partial charge is 0.393 e. The third-order valence-corrected chi connectivity index (χ3v) is 12.0. The Balaban J connectivity index is 1.30. The van der Waals surface area contributed by atoms with E-state index in [1.165, 1.54) is 87.3 Å². The molecule has 0 bridgehead atoms. The lowest BCUT2D eigenvalue weighted by molar-refractivity contribution is -0.154. The van der Waals surface area contributed by atoms with E-state index in [-0.39, 0.29) is 35.6 Å². The second-order valence-corrected chi connectivity index (χ2v) is 13.2. The standard InChI is InChI=1S/C34H32O3/c35-33-31-26-14-23-19-9-1-5-15(19)17-7-3-11-21(17)27(23)29(26)25-13-24-20-10-2-6-16(20)18-8-4-12-22(18)28(24)30(25)32(31)34(36)37-33/h26,30-32H,1-14H2. The molecule has 4 atom stereocenters. The first kappa shape index (κ1) is 20.3. The highest BCUT2D eigenvalue weighted by atomic mass is 16.6. The summed E-state index contributed by atoms with van der Waals surface area (Å²) in [5.74, 6) is -0.866. The van der Waals surface area contributed by atoms with Crippen LogP contribution in [0.5, 0.6) is 0 Å². The molecule has 186 valence electrons. The quantitative estimate of drug-likeness (QED) is 0.376. The normalized spacial score (nSPS) is 31.0. The topological polar surface area (TPSA) is 43.4 Å². The average Bonchev–Trinajstić information content (AvgIpc) is 3.71. The van der Waals surface area contributed by atoms with Crippen molar-refractivity contribution in [3.63, 3.8) is 0 Å². The van der Waals surface area contributed by atoms with Crippen LogP contribution in [0.1, 0.15) is 98.4 Å². The van der Waals surface area contributed by atoms with Gasteiger partial charge in [0.15, 0.2) is 0 Å². The van der Waals surface area contributed by atoms with Crippen molar-refractivity contribution in [1.29, 1.82) is 0 Å². The van der Waals surface area contributed by atoms with Crippen LogP contribution in [0.3, 0.4) is 0 Å². The Labute approximate surface area is 217 Å². The van der Waals surface area contributed by atoms with Gasteiger partial charge < -0.3 is 4.74 Å². The number of hydrogen-bond donors (Lipinski definition) is 0. The van der Waals surface area contributed by atoms with Gasteiger partial charge in [0.1, 0.15) is 0 Å². The van der Waals surface area contributed by atoms with Gasteiger partial charge in [0.25, 0.3) is 0 Å². The predicted octanol–water partition coefficient (Wildman–Crippen LogP) is 5.24. The number of esters is 2. The average molecular weight is 489 g/mol. The lowest BCUT2D eigenvalue weighted by Gasteiger charge is -2.35. The van der Waals surface area contributed by atoms with Crippen LogP contribution in [0.15, 0.2) is 5.57 Å². The van der Waals surface area contributed by atoms with Crippen molar-refractivity contribution < 1.29 is 14.3 Å². The van der Waals surface area contributed by atoms with Crippen molar-refractivity contribution in [1.82, 2.24) is 0 Å². The lowest BCUT2D eigenvalue weighted by Crippen LogP contribution is -2.35. The molecule has 10 rings (SSSR count). The van der Waals surface area contributed by atoms with E-state index in [0.29, 0.717) is 0 Å². The first-order valence-corrected chi connectivity index (χ1v) is 15.1. The van der Waals surface area contributed by atoms with Crippen molar-refractivity contribution in [2.75, 3.05) is 0 Å². The Bertz CT molecular complexity index is 1570. The minimum Gasteiger partial charge on any atom is -0.393 e. The molecule has 0 radical (unpaired) electrons. The molecule has 0 amide bonds. The maximum atomic E-state index is 13.5. The van der Waals surface area contributed by atoms with E-state index in [4.69, 9.17) is 4.74 Å². The van der Waals surface area contributed by atoms with Crippen molar-refractivity contribution in [3.05, 3.63) is 72.3 Å². The van der Waals surface area contributed by atoms with Gasteiger partial charge in [0.05, 0.1) is 11.8 Å². The fraction of sp³-hybridized carbons (Fsp3) is 0.529. The summed E-state index contributed by atoms with van der Waals surface area (Å²) in [6.45, 7) is 0. The Kier molecular flexibility index (Phi) is 3.65. The number of hydrogen-bond acceptors (Lipinski definition) is 3.